The van der Waals surface area contributed by atoms with Gasteiger partial charge in [0, 0.05) is 29.2 Å². The zero-order valence-electron chi connectivity index (χ0n) is 12.6. The first kappa shape index (κ1) is 14.2. The molecule has 0 aliphatic heterocycles. The van der Waals surface area contributed by atoms with Gasteiger partial charge in [-0.15, -0.1) is 0 Å². The fraction of sp³-hybridized carbons (Fsp3) is 0.167. The molecule has 22 heavy (non-hydrogen) atoms. The van der Waals surface area contributed by atoms with Gasteiger partial charge in [0.2, 0.25) is 0 Å². The van der Waals surface area contributed by atoms with E-state index in [2.05, 4.69) is 5.32 Å². The maximum atomic E-state index is 12.7. The highest BCUT2D eigenvalue weighted by Crippen LogP contribution is 2.26. The molecule has 0 spiro atoms. The van der Waals surface area contributed by atoms with Crippen molar-refractivity contribution in [2.75, 3.05) is 5.32 Å². The van der Waals surface area contributed by atoms with Crippen LogP contribution in [0.1, 0.15) is 23.0 Å². The van der Waals surface area contributed by atoms with Crippen molar-refractivity contribution < 1.29 is 9.90 Å². The van der Waals surface area contributed by atoms with E-state index in [1.54, 1.807) is 18.2 Å². The molecule has 3 aromatic rings. The second-order valence-electron chi connectivity index (χ2n) is 5.24. The molecule has 1 aromatic heterocycles. The molecule has 0 radical (unpaired) electrons. The lowest BCUT2D eigenvalue weighted by Gasteiger charge is -2.10. The van der Waals surface area contributed by atoms with Crippen LogP contribution in [0.15, 0.2) is 48.5 Å². The highest BCUT2D eigenvalue weighted by atomic mass is 16.3. The summed E-state index contributed by atoms with van der Waals surface area (Å²) in [6.45, 7) is 4.71. The van der Waals surface area contributed by atoms with Gasteiger partial charge < -0.3 is 15.0 Å². The van der Waals surface area contributed by atoms with Gasteiger partial charge in [-0.3, -0.25) is 4.79 Å². The predicted molar refractivity (Wildman–Crippen MR) is 88.4 cm³/mol. The molecule has 0 atom stereocenters. The minimum absolute atomic E-state index is 0.130. The van der Waals surface area contributed by atoms with E-state index < -0.39 is 0 Å². The molecular weight excluding hydrogens is 276 g/mol. The molecule has 0 bridgehead atoms. The summed E-state index contributed by atoms with van der Waals surface area (Å²) >= 11 is 0. The minimum Gasteiger partial charge on any atom is -0.508 e. The molecule has 2 N–H and O–H groups in total. The second-order valence-corrected chi connectivity index (χ2v) is 5.24. The Morgan fingerprint density at radius 2 is 1.95 bits per heavy atom. The van der Waals surface area contributed by atoms with Gasteiger partial charge in [-0.1, -0.05) is 24.3 Å². The van der Waals surface area contributed by atoms with Crippen LogP contribution in [0, 0.1) is 6.92 Å². The molecule has 2 aromatic carbocycles. The number of fused-ring (bicyclic) bond motifs is 1. The summed E-state index contributed by atoms with van der Waals surface area (Å²) in [6.07, 6.45) is 0. The van der Waals surface area contributed by atoms with Crippen molar-refractivity contribution in [1.82, 2.24) is 4.57 Å². The smallest absolute Gasteiger partial charge is 0.272 e. The zero-order valence-corrected chi connectivity index (χ0v) is 12.6. The largest absolute Gasteiger partial charge is 0.508 e. The van der Waals surface area contributed by atoms with Crippen LogP contribution in [0.2, 0.25) is 0 Å². The van der Waals surface area contributed by atoms with Crippen LogP contribution < -0.4 is 5.32 Å². The molecule has 3 rings (SSSR count). The number of para-hydroxylation sites is 1. The Labute approximate surface area is 129 Å². The van der Waals surface area contributed by atoms with Crippen LogP contribution in [0.25, 0.3) is 10.9 Å². The summed E-state index contributed by atoms with van der Waals surface area (Å²) < 4.78 is 2.02. The maximum absolute atomic E-state index is 12.7. The number of aromatic hydroxyl groups is 1. The molecule has 4 nitrogen and oxygen atoms in total. The summed E-state index contributed by atoms with van der Waals surface area (Å²) in [6, 6.07) is 14.6. The molecular formula is C18H18N2O2. The number of aryl methyl sites for hydroxylation is 2. The Hall–Kier alpha value is -2.75. The number of phenolic OH excluding ortho intramolecular Hbond substituents is 1. The first-order valence-electron chi connectivity index (χ1n) is 7.30. The number of aromatic nitrogens is 1. The van der Waals surface area contributed by atoms with Gasteiger partial charge in [0.05, 0.1) is 0 Å². The minimum atomic E-state index is -0.166. The third-order valence-corrected chi connectivity index (χ3v) is 3.86. The SMILES string of the molecule is CCn1c(C(=O)Nc2cccc(O)c2)c(C)c2ccccc21. The number of phenols is 1. The fourth-order valence-electron chi connectivity index (χ4n) is 2.87. The average molecular weight is 294 g/mol. The molecule has 0 aliphatic carbocycles. The van der Waals surface area contributed by atoms with Crippen LogP contribution in [0.5, 0.6) is 5.75 Å². The third kappa shape index (κ3) is 2.33. The van der Waals surface area contributed by atoms with Crippen molar-refractivity contribution >= 4 is 22.5 Å². The Morgan fingerprint density at radius 3 is 2.68 bits per heavy atom. The number of hydrogen-bond donors (Lipinski definition) is 2. The molecule has 0 saturated carbocycles. The number of rotatable bonds is 3. The van der Waals surface area contributed by atoms with E-state index in [0.717, 1.165) is 23.0 Å². The first-order valence-corrected chi connectivity index (χ1v) is 7.30. The van der Waals surface area contributed by atoms with Crippen molar-refractivity contribution in [3.05, 3.63) is 59.8 Å². The molecule has 0 unspecified atom stereocenters. The standard InChI is InChI=1S/C18H18N2O2/c1-3-20-16-10-5-4-9-15(16)12(2)17(20)18(22)19-13-7-6-8-14(21)11-13/h4-11,21H,3H2,1-2H3,(H,19,22). The van der Waals surface area contributed by atoms with Crippen LogP contribution >= 0.6 is 0 Å². The van der Waals surface area contributed by atoms with Gasteiger partial charge in [-0.25, -0.2) is 0 Å². The average Bonchev–Trinajstić information content (AvgIpc) is 2.80. The van der Waals surface area contributed by atoms with Crippen molar-refractivity contribution in [3.63, 3.8) is 0 Å². The molecule has 0 aliphatic rings. The predicted octanol–water partition coefficient (Wildman–Crippen LogP) is 3.93. The van der Waals surface area contributed by atoms with Gasteiger partial charge in [-0.05, 0) is 37.6 Å². The lowest BCUT2D eigenvalue weighted by atomic mass is 10.1. The molecule has 0 fully saturated rings. The zero-order chi connectivity index (χ0) is 15.7. The third-order valence-electron chi connectivity index (χ3n) is 3.86. The van der Waals surface area contributed by atoms with E-state index in [1.807, 2.05) is 42.7 Å². The maximum Gasteiger partial charge on any atom is 0.272 e. The summed E-state index contributed by atoms with van der Waals surface area (Å²) in [4.78, 5) is 12.7. The number of nitrogens with zero attached hydrogens (tertiary/aromatic N) is 1. The van der Waals surface area contributed by atoms with E-state index >= 15 is 0 Å². The van der Waals surface area contributed by atoms with Gasteiger partial charge in [0.25, 0.3) is 5.91 Å². The van der Waals surface area contributed by atoms with Crippen LogP contribution in [0.3, 0.4) is 0 Å². The van der Waals surface area contributed by atoms with Crippen LogP contribution in [0.4, 0.5) is 5.69 Å². The van der Waals surface area contributed by atoms with Gasteiger partial charge in [0.1, 0.15) is 11.4 Å². The number of anilines is 1. The van der Waals surface area contributed by atoms with Gasteiger partial charge >= 0.3 is 0 Å². The van der Waals surface area contributed by atoms with E-state index in [1.165, 1.54) is 6.07 Å². The quantitative estimate of drug-likeness (QED) is 0.769. The number of amides is 1. The van der Waals surface area contributed by atoms with Crippen molar-refractivity contribution in [2.45, 2.75) is 20.4 Å². The Balaban J connectivity index is 2.05. The number of carbonyl (C=O) groups excluding carboxylic acids is 1. The summed E-state index contributed by atoms with van der Waals surface area (Å²) in [7, 11) is 0. The van der Waals surface area contributed by atoms with Crippen LogP contribution in [-0.2, 0) is 6.54 Å². The van der Waals surface area contributed by atoms with Crippen molar-refractivity contribution in [1.29, 1.82) is 0 Å². The molecule has 1 heterocycles. The Morgan fingerprint density at radius 1 is 1.18 bits per heavy atom. The normalized spacial score (nSPS) is 10.8. The number of benzene rings is 2. The molecule has 0 saturated heterocycles. The van der Waals surface area contributed by atoms with E-state index in [0.29, 0.717) is 11.4 Å². The lowest BCUT2D eigenvalue weighted by Crippen LogP contribution is -2.17. The lowest BCUT2D eigenvalue weighted by molar-refractivity contribution is 0.101. The van der Waals surface area contributed by atoms with Gasteiger partial charge in [-0.2, -0.15) is 0 Å². The van der Waals surface area contributed by atoms with Crippen molar-refractivity contribution in [2.24, 2.45) is 0 Å². The highest BCUT2D eigenvalue weighted by Gasteiger charge is 2.19. The molecule has 1 amide bonds. The number of carbonyl (C=O) groups is 1. The summed E-state index contributed by atoms with van der Waals surface area (Å²) in [5, 5.41) is 13.5. The molecule has 112 valence electrons. The Bertz CT molecular complexity index is 849. The fourth-order valence-corrected chi connectivity index (χ4v) is 2.87. The summed E-state index contributed by atoms with van der Waals surface area (Å²) in [5.41, 5.74) is 3.27. The first-order chi connectivity index (χ1) is 10.6. The topological polar surface area (TPSA) is 54.3 Å². The van der Waals surface area contributed by atoms with Crippen molar-refractivity contribution in [3.8, 4) is 5.75 Å². The van der Waals surface area contributed by atoms with E-state index in [-0.39, 0.29) is 11.7 Å². The second kappa shape index (κ2) is 5.56. The van der Waals surface area contributed by atoms with Gasteiger partial charge in [0.15, 0.2) is 0 Å². The Kier molecular flexibility index (Phi) is 3.59. The molecule has 4 heteroatoms. The van der Waals surface area contributed by atoms with Crippen LogP contribution in [-0.4, -0.2) is 15.6 Å². The number of nitrogens with one attached hydrogen (secondary N) is 1. The highest BCUT2D eigenvalue weighted by molar-refractivity contribution is 6.08. The number of hydrogen-bond acceptors (Lipinski definition) is 2. The van der Waals surface area contributed by atoms with E-state index in [9.17, 15) is 9.90 Å². The van der Waals surface area contributed by atoms with E-state index in [4.69, 9.17) is 0 Å². The summed E-state index contributed by atoms with van der Waals surface area (Å²) in [5.74, 6) is -0.0355. The monoisotopic (exact) mass is 294 g/mol.